The van der Waals surface area contributed by atoms with Crippen LogP contribution in [0.4, 0.5) is 5.69 Å². The normalized spacial score (nSPS) is 10.4. The molecule has 0 unspecified atom stereocenters. The van der Waals surface area contributed by atoms with Gasteiger partial charge >= 0.3 is 0 Å². The third kappa shape index (κ3) is 4.66. The average molecular weight is 330 g/mol. The number of hydrogen-bond donors (Lipinski definition) is 1. The Morgan fingerprint density at radius 2 is 1.87 bits per heavy atom. The van der Waals surface area contributed by atoms with Gasteiger partial charge in [-0.15, -0.1) is 0 Å². The van der Waals surface area contributed by atoms with E-state index in [-0.39, 0.29) is 18.2 Å². The number of anilines is 1. The van der Waals surface area contributed by atoms with E-state index in [0.717, 1.165) is 16.8 Å². The molecule has 0 saturated carbocycles. The zero-order chi connectivity index (χ0) is 16.8. The molecule has 23 heavy (non-hydrogen) atoms. The molecular weight excluding hydrogens is 308 g/mol. The molecule has 0 saturated heterocycles. The van der Waals surface area contributed by atoms with Gasteiger partial charge in [0, 0.05) is 36.1 Å². The van der Waals surface area contributed by atoms with E-state index in [0.29, 0.717) is 18.7 Å². The van der Waals surface area contributed by atoms with Crippen LogP contribution in [-0.2, 0) is 4.79 Å². The summed E-state index contributed by atoms with van der Waals surface area (Å²) in [4.78, 5) is 26.1. The highest BCUT2D eigenvalue weighted by atomic mass is 32.1. The molecule has 0 aliphatic carbocycles. The minimum absolute atomic E-state index is 0.0168. The molecule has 0 aliphatic heterocycles. The van der Waals surface area contributed by atoms with Gasteiger partial charge in [-0.25, -0.2) is 0 Å². The average Bonchev–Trinajstić information content (AvgIpc) is 3.01. The fraction of sp³-hybridized carbons (Fsp3) is 0.333. The fourth-order valence-corrected chi connectivity index (χ4v) is 3.16. The summed E-state index contributed by atoms with van der Waals surface area (Å²) >= 11 is 1.48. The first-order valence-electron chi connectivity index (χ1n) is 7.70. The molecule has 2 aromatic rings. The van der Waals surface area contributed by atoms with Crippen LogP contribution in [0.1, 0.15) is 34.8 Å². The van der Waals surface area contributed by atoms with Crippen LogP contribution in [0.25, 0.3) is 0 Å². The van der Waals surface area contributed by atoms with Gasteiger partial charge in [0.15, 0.2) is 0 Å². The Morgan fingerprint density at radius 1 is 1.17 bits per heavy atom. The van der Waals surface area contributed by atoms with Crippen LogP contribution in [0.5, 0.6) is 0 Å². The van der Waals surface area contributed by atoms with Crippen molar-refractivity contribution in [3.63, 3.8) is 0 Å². The Kier molecular flexibility index (Phi) is 5.93. The number of carbonyl (C=O) groups excluding carboxylic acids is 2. The van der Waals surface area contributed by atoms with E-state index in [9.17, 15) is 9.59 Å². The van der Waals surface area contributed by atoms with Gasteiger partial charge in [0.2, 0.25) is 5.91 Å². The van der Waals surface area contributed by atoms with Gasteiger partial charge in [-0.3, -0.25) is 9.59 Å². The van der Waals surface area contributed by atoms with E-state index < -0.39 is 0 Å². The zero-order valence-electron chi connectivity index (χ0n) is 13.8. The van der Waals surface area contributed by atoms with E-state index in [1.807, 2.05) is 38.3 Å². The summed E-state index contributed by atoms with van der Waals surface area (Å²) in [6, 6.07) is 7.88. The molecule has 1 heterocycles. The molecule has 1 N–H and O–H groups in total. The zero-order valence-corrected chi connectivity index (χ0v) is 14.6. The summed E-state index contributed by atoms with van der Waals surface area (Å²) in [6.07, 6.45) is 0.288. The van der Waals surface area contributed by atoms with E-state index in [1.165, 1.54) is 11.3 Å². The third-order valence-corrected chi connectivity index (χ3v) is 4.23. The summed E-state index contributed by atoms with van der Waals surface area (Å²) in [5.41, 5.74) is 3.83. The Hall–Kier alpha value is -2.14. The van der Waals surface area contributed by atoms with Crippen LogP contribution >= 0.6 is 11.3 Å². The standard InChI is InChI=1S/C18H22N2O2S/c1-4-20(16-10-13(2)9-14(3)11-16)17(21)5-7-19-18(22)15-6-8-23-12-15/h6,8-12H,4-5,7H2,1-3H3,(H,19,22). The number of aryl methyl sites for hydroxylation is 2. The van der Waals surface area contributed by atoms with Crippen LogP contribution in [-0.4, -0.2) is 24.9 Å². The number of amides is 2. The molecule has 0 bridgehead atoms. The van der Waals surface area contributed by atoms with Gasteiger partial charge in [-0.1, -0.05) is 6.07 Å². The SMILES string of the molecule is CCN(C(=O)CCNC(=O)c1ccsc1)c1cc(C)cc(C)c1. The number of carbonyl (C=O) groups is 2. The highest BCUT2D eigenvalue weighted by Crippen LogP contribution is 2.19. The monoisotopic (exact) mass is 330 g/mol. The maximum absolute atomic E-state index is 12.4. The Bertz CT molecular complexity index is 660. The predicted octanol–water partition coefficient (Wildman–Crippen LogP) is 3.54. The first-order chi connectivity index (χ1) is 11.0. The molecule has 1 aromatic carbocycles. The first kappa shape index (κ1) is 17.2. The molecule has 0 radical (unpaired) electrons. The molecule has 0 spiro atoms. The molecule has 0 atom stereocenters. The van der Waals surface area contributed by atoms with Crippen LogP contribution in [0, 0.1) is 13.8 Å². The molecule has 4 nitrogen and oxygen atoms in total. The topological polar surface area (TPSA) is 49.4 Å². The number of hydrogen-bond acceptors (Lipinski definition) is 3. The molecule has 2 amide bonds. The van der Waals surface area contributed by atoms with Crippen molar-refractivity contribution in [2.75, 3.05) is 18.0 Å². The number of nitrogens with zero attached hydrogens (tertiary/aromatic N) is 1. The first-order valence-corrected chi connectivity index (χ1v) is 8.64. The number of benzene rings is 1. The fourth-order valence-electron chi connectivity index (χ4n) is 2.52. The van der Waals surface area contributed by atoms with Crippen molar-refractivity contribution in [3.8, 4) is 0 Å². The number of thiophene rings is 1. The van der Waals surface area contributed by atoms with Crippen LogP contribution < -0.4 is 10.2 Å². The van der Waals surface area contributed by atoms with E-state index in [1.54, 1.807) is 16.3 Å². The lowest BCUT2D eigenvalue weighted by molar-refractivity contribution is -0.118. The highest BCUT2D eigenvalue weighted by Gasteiger charge is 2.15. The van der Waals surface area contributed by atoms with E-state index in [4.69, 9.17) is 0 Å². The smallest absolute Gasteiger partial charge is 0.252 e. The molecule has 2 rings (SSSR count). The van der Waals surface area contributed by atoms with Crippen LogP contribution in [0.2, 0.25) is 0 Å². The molecule has 1 aromatic heterocycles. The van der Waals surface area contributed by atoms with Crippen molar-refractivity contribution in [1.29, 1.82) is 0 Å². The molecular formula is C18H22N2O2S. The number of rotatable bonds is 6. The lowest BCUT2D eigenvalue weighted by Crippen LogP contribution is -2.34. The summed E-state index contributed by atoms with van der Waals surface area (Å²) in [7, 11) is 0. The van der Waals surface area contributed by atoms with Crippen molar-refractivity contribution < 1.29 is 9.59 Å². The minimum atomic E-state index is -0.131. The lowest BCUT2D eigenvalue weighted by atomic mass is 10.1. The van der Waals surface area contributed by atoms with Crippen LogP contribution in [0.15, 0.2) is 35.0 Å². The quantitative estimate of drug-likeness (QED) is 0.881. The van der Waals surface area contributed by atoms with Gasteiger partial charge in [-0.05, 0) is 55.5 Å². The van der Waals surface area contributed by atoms with Crippen molar-refractivity contribution in [2.24, 2.45) is 0 Å². The van der Waals surface area contributed by atoms with Gasteiger partial charge < -0.3 is 10.2 Å². The molecule has 0 aliphatic rings. The van der Waals surface area contributed by atoms with Crippen molar-refractivity contribution in [2.45, 2.75) is 27.2 Å². The van der Waals surface area contributed by atoms with Crippen molar-refractivity contribution >= 4 is 28.8 Å². The van der Waals surface area contributed by atoms with Crippen LogP contribution in [0.3, 0.4) is 0 Å². The Morgan fingerprint density at radius 3 is 2.43 bits per heavy atom. The summed E-state index contributed by atoms with van der Waals surface area (Å²) in [6.45, 7) is 6.96. The van der Waals surface area contributed by atoms with E-state index in [2.05, 4.69) is 11.4 Å². The summed E-state index contributed by atoms with van der Waals surface area (Å²) < 4.78 is 0. The highest BCUT2D eigenvalue weighted by molar-refractivity contribution is 7.08. The largest absolute Gasteiger partial charge is 0.351 e. The summed E-state index contributed by atoms with van der Waals surface area (Å²) in [5, 5.41) is 6.45. The van der Waals surface area contributed by atoms with E-state index >= 15 is 0 Å². The third-order valence-electron chi connectivity index (χ3n) is 3.54. The van der Waals surface area contributed by atoms with Crippen molar-refractivity contribution in [1.82, 2.24) is 5.32 Å². The minimum Gasteiger partial charge on any atom is -0.351 e. The maximum atomic E-state index is 12.4. The predicted molar refractivity (Wildman–Crippen MR) is 95.2 cm³/mol. The Balaban J connectivity index is 1.93. The molecule has 5 heteroatoms. The lowest BCUT2D eigenvalue weighted by Gasteiger charge is -2.22. The second kappa shape index (κ2) is 7.92. The van der Waals surface area contributed by atoms with Gasteiger partial charge in [-0.2, -0.15) is 11.3 Å². The summed E-state index contributed by atoms with van der Waals surface area (Å²) in [5.74, 6) is -0.114. The maximum Gasteiger partial charge on any atom is 0.252 e. The second-order valence-corrected chi connectivity index (χ2v) is 6.28. The molecule has 122 valence electrons. The van der Waals surface area contributed by atoms with Gasteiger partial charge in [0.25, 0.3) is 5.91 Å². The van der Waals surface area contributed by atoms with Gasteiger partial charge in [0.1, 0.15) is 0 Å². The second-order valence-electron chi connectivity index (χ2n) is 5.50. The van der Waals surface area contributed by atoms with Gasteiger partial charge in [0.05, 0.1) is 0 Å². The Labute approximate surface area is 141 Å². The molecule has 0 fully saturated rings. The number of nitrogens with one attached hydrogen (secondary N) is 1. The van der Waals surface area contributed by atoms with Crippen molar-refractivity contribution in [3.05, 3.63) is 51.7 Å².